The summed E-state index contributed by atoms with van der Waals surface area (Å²) in [6.07, 6.45) is 2.46. The van der Waals surface area contributed by atoms with E-state index in [1.54, 1.807) is 6.07 Å². The maximum absolute atomic E-state index is 12.5. The molecular formula is C15H22N2O6S2. The summed E-state index contributed by atoms with van der Waals surface area (Å²) in [6.45, 7) is 1.98. The van der Waals surface area contributed by atoms with Gasteiger partial charge in [0.15, 0.2) is 11.5 Å². The van der Waals surface area contributed by atoms with Gasteiger partial charge >= 0.3 is 0 Å². The van der Waals surface area contributed by atoms with E-state index in [1.807, 2.05) is 0 Å². The lowest BCUT2D eigenvalue weighted by Gasteiger charge is -2.30. The fourth-order valence-corrected chi connectivity index (χ4v) is 4.95. The number of nitrogens with one attached hydrogen (secondary N) is 1. The molecule has 0 spiro atoms. The molecule has 140 valence electrons. The molecule has 0 radical (unpaired) electrons. The van der Waals surface area contributed by atoms with E-state index in [4.69, 9.17) is 9.47 Å². The summed E-state index contributed by atoms with van der Waals surface area (Å²) in [5.74, 6) is 1.08. The van der Waals surface area contributed by atoms with Crippen molar-refractivity contribution in [3.8, 4) is 11.5 Å². The molecule has 0 bridgehead atoms. The second-order valence-electron chi connectivity index (χ2n) is 6.26. The van der Waals surface area contributed by atoms with E-state index in [0.717, 1.165) is 0 Å². The average Bonchev–Trinajstić information content (AvgIpc) is 2.59. The first kappa shape index (κ1) is 18.4. The monoisotopic (exact) mass is 390 g/mol. The van der Waals surface area contributed by atoms with Crippen LogP contribution >= 0.6 is 0 Å². The van der Waals surface area contributed by atoms with Crippen molar-refractivity contribution in [3.63, 3.8) is 0 Å². The zero-order valence-corrected chi connectivity index (χ0v) is 15.6. The van der Waals surface area contributed by atoms with Gasteiger partial charge in [0.25, 0.3) is 0 Å². The van der Waals surface area contributed by atoms with Gasteiger partial charge in [-0.25, -0.2) is 25.9 Å². The smallest absolute Gasteiger partial charge is 0.240 e. The molecule has 0 aromatic heterocycles. The van der Waals surface area contributed by atoms with Gasteiger partial charge < -0.3 is 9.47 Å². The van der Waals surface area contributed by atoms with Crippen LogP contribution in [-0.2, 0) is 20.0 Å². The number of hydrogen-bond donors (Lipinski definition) is 1. The zero-order valence-electron chi connectivity index (χ0n) is 14.0. The number of nitrogens with zero attached hydrogens (tertiary/aromatic N) is 1. The Hall–Kier alpha value is -1.36. The Kier molecular flexibility index (Phi) is 5.24. The Bertz CT molecular complexity index is 830. The van der Waals surface area contributed by atoms with Crippen LogP contribution in [-0.4, -0.2) is 60.2 Å². The van der Waals surface area contributed by atoms with Gasteiger partial charge in [-0.1, -0.05) is 0 Å². The fourth-order valence-electron chi connectivity index (χ4n) is 2.95. The number of rotatable bonds is 5. The molecule has 25 heavy (non-hydrogen) atoms. The number of piperidine rings is 1. The van der Waals surface area contributed by atoms with Crippen molar-refractivity contribution in [2.24, 2.45) is 5.92 Å². The third kappa shape index (κ3) is 4.43. The molecule has 8 nitrogen and oxygen atoms in total. The van der Waals surface area contributed by atoms with E-state index >= 15 is 0 Å². The van der Waals surface area contributed by atoms with Gasteiger partial charge in [-0.3, -0.25) is 0 Å². The number of ether oxygens (including phenoxy) is 2. The van der Waals surface area contributed by atoms with Crippen molar-refractivity contribution in [2.75, 3.05) is 39.1 Å². The molecule has 1 saturated heterocycles. The Morgan fingerprint density at radius 1 is 1.08 bits per heavy atom. The molecule has 1 fully saturated rings. The number of hydrogen-bond acceptors (Lipinski definition) is 6. The van der Waals surface area contributed by atoms with Crippen molar-refractivity contribution < 1.29 is 26.3 Å². The van der Waals surface area contributed by atoms with Gasteiger partial charge in [-0.15, -0.1) is 0 Å². The quantitative estimate of drug-likeness (QED) is 0.781. The van der Waals surface area contributed by atoms with Crippen molar-refractivity contribution in [1.82, 2.24) is 9.03 Å². The molecule has 10 heteroatoms. The molecular weight excluding hydrogens is 368 g/mol. The summed E-state index contributed by atoms with van der Waals surface area (Å²) in [5, 5.41) is 0. The predicted molar refractivity (Wildman–Crippen MR) is 91.8 cm³/mol. The molecule has 3 rings (SSSR count). The van der Waals surface area contributed by atoms with Crippen LogP contribution in [0.15, 0.2) is 23.1 Å². The normalized spacial score (nSPS) is 19.7. The first-order chi connectivity index (χ1) is 11.8. The molecule has 0 amide bonds. The standard InChI is InChI=1S/C15H22N2O6S2/c1-24(18,19)17-6-4-12(5-7-17)11-16-25(20,21)13-2-3-14-15(10-13)23-9-8-22-14/h2-3,10,12,16H,4-9,11H2,1H3. The Morgan fingerprint density at radius 3 is 2.36 bits per heavy atom. The third-order valence-corrected chi connectivity index (χ3v) is 7.15. The van der Waals surface area contributed by atoms with Crippen molar-refractivity contribution in [1.29, 1.82) is 0 Å². The molecule has 0 unspecified atom stereocenters. The Balaban J connectivity index is 1.59. The topological polar surface area (TPSA) is 102 Å². The first-order valence-corrected chi connectivity index (χ1v) is 11.4. The van der Waals surface area contributed by atoms with E-state index < -0.39 is 20.0 Å². The van der Waals surface area contributed by atoms with Crippen molar-refractivity contribution >= 4 is 20.0 Å². The molecule has 0 atom stereocenters. The highest BCUT2D eigenvalue weighted by Gasteiger charge is 2.26. The van der Waals surface area contributed by atoms with Gasteiger partial charge in [0.1, 0.15) is 13.2 Å². The Labute approximate surface area is 148 Å². The predicted octanol–water partition coefficient (Wildman–Crippen LogP) is 0.408. The molecule has 2 aliphatic rings. The van der Waals surface area contributed by atoms with Crippen LogP contribution in [0.2, 0.25) is 0 Å². The largest absolute Gasteiger partial charge is 0.486 e. The maximum atomic E-state index is 12.5. The molecule has 2 aliphatic heterocycles. The van der Waals surface area contributed by atoms with Gasteiger partial charge in [0.05, 0.1) is 11.2 Å². The van der Waals surface area contributed by atoms with Crippen molar-refractivity contribution in [2.45, 2.75) is 17.7 Å². The van der Waals surface area contributed by atoms with Crippen LogP contribution in [0.1, 0.15) is 12.8 Å². The Morgan fingerprint density at radius 2 is 1.72 bits per heavy atom. The summed E-state index contributed by atoms with van der Waals surface area (Å²) in [7, 11) is -6.83. The lowest BCUT2D eigenvalue weighted by Crippen LogP contribution is -2.41. The molecule has 0 saturated carbocycles. The second-order valence-corrected chi connectivity index (χ2v) is 10.0. The van der Waals surface area contributed by atoms with E-state index in [2.05, 4.69) is 4.72 Å². The number of fused-ring (bicyclic) bond motifs is 1. The highest BCUT2D eigenvalue weighted by molar-refractivity contribution is 7.89. The van der Waals surface area contributed by atoms with E-state index in [1.165, 1.54) is 22.7 Å². The lowest BCUT2D eigenvalue weighted by atomic mass is 9.99. The van der Waals surface area contributed by atoms with Crippen LogP contribution in [0.4, 0.5) is 0 Å². The SMILES string of the molecule is CS(=O)(=O)N1CCC(CNS(=O)(=O)c2ccc3c(c2)OCCO3)CC1. The summed E-state index contributed by atoms with van der Waals surface area (Å²) < 4.78 is 62.8. The summed E-state index contributed by atoms with van der Waals surface area (Å²) in [5.41, 5.74) is 0. The highest BCUT2D eigenvalue weighted by Crippen LogP contribution is 2.32. The van der Waals surface area contributed by atoms with E-state index in [9.17, 15) is 16.8 Å². The van der Waals surface area contributed by atoms with Gasteiger partial charge in [-0.05, 0) is 30.9 Å². The van der Waals surface area contributed by atoms with E-state index in [0.29, 0.717) is 50.6 Å². The molecule has 2 heterocycles. The number of benzene rings is 1. The lowest BCUT2D eigenvalue weighted by molar-refractivity contribution is 0.171. The molecule has 0 aliphatic carbocycles. The van der Waals surface area contributed by atoms with Crippen LogP contribution < -0.4 is 14.2 Å². The summed E-state index contributed by atoms with van der Waals surface area (Å²) in [6, 6.07) is 4.54. The average molecular weight is 390 g/mol. The fraction of sp³-hybridized carbons (Fsp3) is 0.600. The second kappa shape index (κ2) is 7.10. The minimum absolute atomic E-state index is 0.116. The molecule has 1 aromatic rings. The van der Waals surface area contributed by atoms with Gasteiger partial charge in [0.2, 0.25) is 20.0 Å². The van der Waals surface area contributed by atoms with Crippen LogP contribution in [0.25, 0.3) is 0 Å². The third-order valence-electron chi connectivity index (χ3n) is 4.43. The first-order valence-electron chi connectivity index (χ1n) is 8.10. The molecule has 1 aromatic carbocycles. The summed E-state index contributed by atoms with van der Waals surface area (Å²) >= 11 is 0. The maximum Gasteiger partial charge on any atom is 0.240 e. The number of sulfonamides is 2. The molecule has 1 N–H and O–H groups in total. The van der Waals surface area contributed by atoms with Gasteiger partial charge in [-0.2, -0.15) is 0 Å². The van der Waals surface area contributed by atoms with Crippen LogP contribution in [0, 0.1) is 5.92 Å². The van der Waals surface area contributed by atoms with Crippen LogP contribution in [0.5, 0.6) is 11.5 Å². The highest BCUT2D eigenvalue weighted by atomic mass is 32.2. The van der Waals surface area contributed by atoms with E-state index in [-0.39, 0.29) is 17.4 Å². The minimum Gasteiger partial charge on any atom is -0.486 e. The summed E-state index contributed by atoms with van der Waals surface area (Å²) in [4.78, 5) is 0.130. The van der Waals surface area contributed by atoms with Gasteiger partial charge in [0, 0.05) is 25.7 Å². The van der Waals surface area contributed by atoms with Crippen LogP contribution in [0.3, 0.4) is 0 Å². The van der Waals surface area contributed by atoms with Crippen molar-refractivity contribution in [3.05, 3.63) is 18.2 Å². The minimum atomic E-state index is -3.65. The zero-order chi connectivity index (χ0) is 18.1.